The van der Waals surface area contributed by atoms with Crippen LogP contribution in [0, 0.1) is 0 Å². The number of piperidine rings is 1. The predicted molar refractivity (Wildman–Crippen MR) is 117 cm³/mol. The van der Waals surface area contributed by atoms with E-state index in [4.69, 9.17) is 10.7 Å². The Balaban J connectivity index is 1.28. The van der Waals surface area contributed by atoms with Gasteiger partial charge < -0.3 is 11.1 Å². The lowest BCUT2D eigenvalue weighted by molar-refractivity contribution is 0.211. The van der Waals surface area contributed by atoms with Crippen molar-refractivity contribution >= 4 is 34.3 Å². The Morgan fingerprint density at radius 1 is 1.10 bits per heavy atom. The van der Waals surface area contributed by atoms with Crippen molar-refractivity contribution < 1.29 is 0 Å². The third kappa shape index (κ3) is 3.81. The second kappa shape index (κ2) is 7.81. The molecule has 1 aliphatic heterocycles. The van der Waals surface area contributed by atoms with Crippen LogP contribution >= 0.6 is 11.3 Å². The number of benzene rings is 1. The van der Waals surface area contributed by atoms with E-state index in [0.717, 1.165) is 43.8 Å². The van der Waals surface area contributed by atoms with Crippen molar-refractivity contribution in [2.45, 2.75) is 25.4 Å². The van der Waals surface area contributed by atoms with Gasteiger partial charge in [-0.15, -0.1) is 0 Å². The standard InChI is InChI=1S/C21H23N7S/c22-19-18-20(28(14-23-18)17-8-11-29-13-17)26-21(25-19)24-16-6-9-27(10-7-16)12-15-4-2-1-3-5-15/h1-5,8,11,13-14,16H,6-7,9-10,12H2,(H3,22,24,25,26). The number of thiophene rings is 1. The molecule has 0 unspecified atom stereocenters. The molecular formula is C21H23N7S. The van der Waals surface area contributed by atoms with Crippen molar-refractivity contribution in [1.29, 1.82) is 0 Å². The van der Waals surface area contributed by atoms with E-state index in [1.54, 1.807) is 17.7 Å². The first-order chi connectivity index (χ1) is 14.3. The number of rotatable bonds is 5. The summed E-state index contributed by atoms with van der Waals surface area (Å²) in [5.41, 5.74) is 9.94. The fourth-order valence-electron chi connectivity index (χ4n) is 3.83. The van der Waals surface area contributed by atoms with Gasteiger partial charge in [0.25, 0.3) is 0 Å². The number of hydrogen-bond acceptors (Lipinski definition) is 7. The minimum Gasteiger partial charge on any atom is -0.382 e. The van der Waals surface area contributed by atoms with Crippen molar-refractivity contribution in [3.05, 3.63) is 59.0 Å². The van der Waals surface area contributed by atoms with Gasteiger partial charge in [-0.2, -0.15) is 21.3 Å². The summed E-state index contributed by atoms with van der Waals surface area (Å²) in [4.78, 5) is 16.1. The van der Waals surface area contributed by atoms with Gasteiger partial charge in [0.1, 0.15) is 6.33 Å². The van der Waals surface area contributed by atoms with E-state index in [1.807, 2.05) is 16.0 Å². The van der Waals surface area contributed by atoms with Crippen molar-refractivity contribution in [2.24, 2.45) is 0 Å². The Labute approximate surface area is 173 Å². The Hall–Kier alpha value is -2.97. The molecule has 0 amide bonds. The first-order valence-corrected chi connectivity index (χ1v) is 10.8. The number of likely N-dealkylation sites (tertiary alicyclic amines) is 1. The van der Waals surface area contributed by atoms with Gasteiger partial charge in [-0.1, -0.05) is 30.3 Å². The molecule has 29 heavy (non-hydrogen) atoms. The van der Waals surface area contributed by atoms with Crippen LogP contribution in [-0.4, -0.2) is 43.6 Å². The highest BCUT2D eigenvalue weighted by molar-refractivity contribution is 7.08. The highest BCUT2D eigenvalue weighted by Crippen LogP contribution is 2.24. The fourth-order valence-corrected chi connectivity index (χ4v) is 4.46. The molecule has 7 nitrogen and oxygen atoms in total. The summed E-state index contributed by atoms with van der Waals surface area (Å²) in [6.45, 7) is 3.11. The van der Waals surface area contributed by atoms with Crippen molar-refractivity contribution in [3.63, 3.8) is 0 Å². The number of aromatic nitrogens is 4. The van der Waals surface area contributed by atoms with Crippen LogP contribution in [0.5, 0.6) is 0 Å². The molecule has 3 N–H and O–H groups in total. The smallest absolute Gasteiger partial charge is 0.227 e. The molecule has 8 heteroatoms. The average molecular weight is 406 g/mol. The molecule has 1 fully saturated rings. The molecule has 0 radical (unpaired) electrons. The largest absolute Gasteiger partial charge is 0.382 e. The topological polar surface area (TPSA) is 84.9 Å². The molecule has 148 valence electrons. The Bertz CT molecular complexity index is 1080. The van der Waals surface area contributed by atoms with Gasteiger partial charge in [-0.05, 0) is 29.9 Å². The molecule has 0 bridgehead atoms. The average Bonchev–Trinajstić information content (AvgIpc) is 3.40. The highest BCUT2D eigenvalue weighted by atomic mass is 32.1. The van der Waals surface area contributed by atoms with Crippen LogP contribution in [0.4, 0.5) is 11.8 Å². The fraction of sp³-hybridized carbons (Fsp3) is 0.286. The van der Waals surface area contributed by atoms with Crippen LogP contribution < -0.4 is 11.1 Å². The number of nitrogen functional groups attached to an aromatic ring is 1. The summed E-state index contributed by atoms with van der Waals surface area (Å²) >= 11 is 1.64. The molecule has 4 heterocycles. The number of imidazole rings is 1. The number of nitrogens with two attached hydrogens (primary N) is 1. The molecule has 5 rings (SSSR count). The first kappa shape index (κ1) is 18.1. The first-order valence-electron chi connectivity index (χ1n) is 9.82. The van der Waals surface area contributed by atoms with Crippen LogP contribution in [0.25, 0.3) is 16.9 Å². The molecule has 0 spiro atoms. The normalized spacial score (nSPS) is 15.7. The van der Waals surface area contributed by atoms with Gasteiger partial charge in [0.2, 0.25) is 5.95 Å². The monoisotopic (exact) mass is 405 g/mol. The molecule has 4 aromatic rings. The summed E-state index contributed by atoms with van der Waals surface area (Å²) in [6.07, 6.45) is 3.86. The molecule has 0 aliphatic carbocycles. The lowest BCUT2D eigenvalue weighted by Crippen LogP contribution is -2.39. The number of anilines is 2. The van der Waals surface area contributed by atoms with E-state index in [0.29, 0.717) is 23.3 Å². The number of hydrogen-bond donors (Lipinski definition) is 2. The zero-order valence-electron chi connectivity index (χ0n) is 16.0. The summed E-state index contributed by atoms with van der Waals surface area (Å²) in [6, 6.07) is 13.0. The highest BCUT2D eigenvalue weighted by Gasteiger charge is 2.21. The Morgan fingerprint density at radius 2 is 1.93 bits per heavy atom. The van der Waals surface area contributed by atoms with Crippen LogP contribution in [0.1, 0.15) is 18.4 Å². The SMILES string of the molecule is Nc1nc(NC2CCN(Cc3ccccc3)CC2)nc2c1ncn2-c1ccsc1. The molecule has 0 saturated carbocycles. The maximum Gasteiger partial charge on any atom is 0.227 e. The maximum absolute atomic E-state index is 6.16. The Morgan fingerprint density at radius 3 is 2.69 bits per heavy atom. The van der Waals surface area contributed by atoms with Crippen LogP contribution in [-0.2, 0) is 6.54 Å². The van der Waals surface area contributed by atoms with Crippen LogP contribution in [0.3, 0.4) is 0 Å². The molecular weight excluding hydrogens is 382 g/mol. The third-order valence-electron chi connectivity index (χ3n) is 5.38. The molecule has 1 saturated heterocycles. The molecule has 1 aliphatic rings. The van der Waals surface area contributed by atoms with Crippen molar-refractivity contribution in [2.75, 3.05) is 24.1 Å². The third-order valence-corrected chi connectivity index (χ3v) is 6.05. The van der Waals surface area contributed by atoms with E-state index < -0.39 is 0 Å². The van der Waals surface area contributed by atoms with Gasteiger partial charge >= 0.3 is 0 Å². The van der Waals surface area contributed by atoms with Gasteiger partial charge in [-0.25, -0.2) is 4.98 Å². The number of fused-ring (bicyclic) bond motifs is 1. The Kier molecular flexibility index (Phi) is 4.87. The zero-order valence-corrected chi connectivity index (χ0v) is 16.8. The quantitative estimate of drug-likeness (QED) is 0.528. The summed E-state index contributed by atoms with van der Waals surface area (Å²) < 4.78 is 1.96. The van der Waals surface area contributed by atoms with E-state index in [-0.39, 0.29) is 0 Å². The summed E-state index contributed by atoms with van der Waals surface area (Å²) in [5, 5.41) is 7.59. The lowest BCUT2D eigenvalue weighted by atomic mass is 10.0. The molecule has 0 atom stereocenters. The van der Waals surface area contributed by atoms with E-state index >= 15 is 0 Å². The molecule has 3 aromatic heterocycles. The van der Waals surface area contributed by atoms with Crippen LogP contribution in [0.15, 0.2) is 53.5 Å². The lowest BCUT2D eigenvalue weighted by Gasteiger charge is -2.32. The number of nitrogens with one attached hydrogen (secondary N) is 1. The van der Waals surface area contributed by atoms with Gasteiger partial charge in [0, 0.05) is 31.1 Å². The minimum absolute atomic E-state index is 0.344. The van der Waals surface area contributed by atoms with Crippen molar-refractivity contribution in [1.82, 2.24) is 24.4 Å². The van der Waals surface area contributed by atoms with E-state index in [9.17, 15) is 0 Å². The number of nitrogens with zero attached hydrogens (tertiary/aromatic N) is 5. The summed E-state index contributed by atoms with van der Waals surface area (Å²) in [7, 11) is 0. The maximum atomic E-state index is 6.16. The van der Waals surface area contributed by atoms with Crippen LogP contribution in [0.2, 0.25) is 0 Å². The zero-order chi connectivity index (χ0) is 19.6. The second-order valence-electron chi connectivity index (χ2n) is 7.38. The molecule has 1 aromatic carbocycles. The predicted octanol–water partition coefficient (Wildman–Crippen LogP) is 3.54. The second-order valence-corrected chi connectivity index (χ2v) is 8.16. The van der Waals surface area contributed by atoms with Gasteiger partial charge in [0.15, 0.2) is 17.0 Å². The van der Waals surface area contributed by atoms with Gasteiger partial charge in [0.05, 0.1) is 5.69 Å². The summed E-state index contributed by atoms with van der Waals surface area (Å²) in [5.74, 6) is 0.987. The van der Waals surface area contributed by atoms with E-state index in [1.165, 1.54) is 5.56 Å². The van der Waals surface area contributed by atoms with Crippen molar-refractivity contribution in [3.8, 4) is 5.69 Å². The van der Waals surface area contributed by atoms with Gasteiger partial charge in [-0.3, -0.25) is 9.47 Å². The minimum atomic E-state index is 0.344. The van der Waals surface area contributed by atoms with E-state index in [2.05, 4.69) is 55.9 Å².